The van der Waals surface area contributed by atoms with Crippen LogP contribution in [0, 0.1) is 0 Å². The summed E-state index contributed by atoms with van der Waals surface area (Å²) in [6.45, 7) is 1.47. The summed E-state index contributed by atoms with van der Waals surface area (Å²) in [6.07, 6.45) is -0.576. The lowest BCUT2D eigenvalue weighted by Gasteiger charge is -2.11. The van der Waals surface area contributed by atoms with E-state index in [9.17, 15) is 5.11 Å². The van der Waals surface area contributed by atoms with E-state index in [1.165, 1.54) is 0 Å². The number of nitrogens with one attached hydrogen (secondary N) is 1. The van der Waals surface area contributed by atoms with Gasteiger partial charge in [-0.05, 0) is 23.3 Å². The van der Waals surface area contributed by atoms with E-state index in [0.29, 0.717) is 24.7 Å². The Morgan fingerprint density at radius 3 is 2.37 bits per heavy atom. The molecule has 152 valence electrons. The van der Waals surface area contributed by atoms with Gasteiger partial charge in [0.1, 0.15) is 11.4 Å². The number of hydrogen-bond donors (Lipinski definition) is 2. The highest BCUT2D eigenvalue weighted by Gasteiger charge is 2.14. The lowest BCUT2D eigenvalue weighted by atomic mass is 10.1. The fraction of sp³-hybridized carbons (Fsp3) is 0.167. The summed E-state index contributed by atoms with van der Waals surface area (Å²) in [5.74, 6) is 0. The predicted octanol–water partition coefficient (Wildman–Crippen LogP) is 4.47. The molecular weight excluding hydrogens is 396 g/mol. The molecule has 2 N–H and O–H groups in total. The third-order valence-corrected chi connectivity index (χ3v) is 5.03. The van der Waals surface area contributed by atoms with E-state index < -0.39 is 6.10 Å². The zero-order valence-electron chi connectivity index (χ0n) is 16.4. The SMILES string of the molecule is O[C@H](CNCc1nn(Cc2cccc(Cl)c2)nc1-c1ccccc1)c1ccccc1. The highest BCUT2D eigenvalue weighted by molar-refractivity contribution is 6.30. The van der Waals surface area contributed by atoms with Crippen LogP contribution in [0.4, 0.5) is 0 Å². The minimum atomic E-state index is -0.576. The highest BCUT2D eigenvalue weighted by atomic mass is 35.5. The first-order valence-corrected chi connectivity index (χ1v) is 10.2. The molecule has 0 saturated heterocycles. The van der Waals surface area contributed by atoms with Gasteiger partial charge in [-0.15, -0.1) is 0 Å². The summed E-state index contributed by atoms with van der Waals surface area (Å²) in [5, 5.41) is 23.8. The summed E-state index contributed by atoms with van der Waals surface area (Å²) in [5.41, 5.74) is 4.60. The summed E-state index contributed by atoms with van der Waals surface area (Å²) in [6, 6.07) is 27.3. The molecule has 0 radical (unpaired) electrons. The van der Waals surface area contributed by atoms with Gasteiger partial charge in [0.25, 0.3) is 0 Å². The number of nitrogens with zero attached hydrogens (tertiary/aromatic N) is 3. The van der Waals surface area contributed by atoms with Crippen molar-refractivity contribution >= 4 is 11.6 Å². The average molecular weight is 419 g/mol. The van der Waals surface area contributed by atoms with Crippen LogP contribution in [0.25, 0.3) is 11.3 Å². The summed E-state index contributed by atoms with van der Waals surface area (Å²) in [4.78, 5) is 1.69. The summed E-state index contributed by atoms with van der Waals surface area (Å²) < 4.78 is 0. The smallest absolute Gasteiger partial charge is 0.117 e. The molecule has 4 rings (SSSR count). The quantitative estimate of drug-likeness (QED) is 0.443. The number of halogens is 1. The van der Waals surface area contributed by atoms with Gasteiger partial charge in [-0.25, -0.2) is 0 Å². The second-order valence-corrected chi connectivity index (χ2v) is 7.52. The van der Waals surface area contributed by atoms with Crippen LogP contribution in [0.15, 0.2) is 84.9 Å². The largest absolute Gasteiger partial charge is 0.387 e. The van der Waals surface area contributed by atoms with E-state index in [1.54, 1.807) is 4.80 Å². The number of aromatic nitrogens is 3. The molecule has 0 fully saturated rings. The van der Waals surface area contributed by atoms with Gasteiger partial charge in [0, 0.05) is 23.7 Å². The van der Waals surface area contributed by atoms with Gasteiger partial charge >= 0.3 is 0 Å². The van der Waals surface area contributed by atoms with Crippen molar-refractivity contribution in [3.05, 3.63) is 107 Å². The van der Waals surface area contributed by atoms with E-state index in [0.717, 1.165) is 28.1 Å². The molecule has 0 aliphatic carbocycles. The fourth-order valence-electron chi connectivity index (χ4n) is 3.31. The standard InChI is InChI=1S/C24H23ClN4O/c25-21-13-7-8-18(14-21)17-29-27-22(24(28-29)20-11-5-2-6-12-20)15-26-16-23(30)19-9-3-1-4-10-19/h1-14,23,26,30H,15-17H2/t23-/m1/s1. The van der Waals surface area contributed by atoms with Crippen LogP contribution in [0.3, 0.4) is 0 Å². The van der Waals surface area contributed by atoms with E-state index >= 15 is 0 Å². The molecule has 0 unspecified atom stereocenters. The molecule has 0 saturated carbocycles. The zero-order chi connectivity index (χ0) is 20.8. The molecular formula is C24H23ClN4O. The molecule has 3 aromatic carbocycles. The van der Waals surface area contributed by atoms with Crippen molar-refractivity contribution in [3.63, 3.8) is 0 Å². The summed E-state index contributed by atoms with van der Waals surface area (Å²) >= 11 is 6.11. The Morgan fingerprint density at radius 1 is 0.900 bits per heavy atom. The third-order valence-electron chi connectivity index (χ3n) is 4.80. The molecule has 0 spiro atoms. The molecule has 30 heavy (non-hydrogen) atoms. The van der Waals surface area contributed by atoms with Crippen LogP contribution in [-0.4, -0.2) is 26.6 Å². The van der Waals surface area contributed by atoms with Crippen LogP contribution < -0.4 is 5.32 Å². The van der Waals surface area contributed by atoms with Crippen molar-refractivity contribution in [2.24, 2.45) is 0 Å². The number of aliphatic hydroxyl groups is 1. The van der Waals surface area contributed by atoms with Crippen molar-refractivity contribution in [1.29, 1.82) is 0 Å². The Bertz CT molecular complexity index is 1080. The van der Waals surface area contributed by atoms with Crippen molar-refractivity contribution in [1.82, 2.24) is 20.3 Å². The van der Waals surface area contributed by atoms with Gasteiger partial charge < -0.3 is 10.4 Å². The Balaban J connectivity index is 1.51. The average Bonchev–Trinajstić information content (AvgIpc) is 3.17. The second-order valence-electron chi connectivity index (χ2n) is 7.08. The lowest BCUT2D eigenvalue weighted by Crippen LogP contribution is -2.21. The molecule has 0 aliphatic heterocycles. The molecule has 0 bridgehead atoms. The van der Waals surface area contributed by atoms with Crippen LogP contribution in [0.2, 0.25) is 5.02 Å². The minimum absolute atomic E-state index is 0.430. The minimum Gasteiger partial charge on any atom is -0.387 e. The fourth-order valence-corrected chi connectivity index (χ4v) is 3.52. The predicted molar refractivity (Wildman–Crippen MR) is 119 cm³/mol. The second kappa shape index (κ2) is 9.67. The molecule has 1 heterocycles. The normalized spacial score (nSPS) is 12.1. The van der Waals surface area contributed by atoms with Crippen LogP contribution >= 0.6 is 11.6 Å². The first-order chi connectivity index (χ1) is 14.7. The van der Waals surface area contributed by atoms with E-state index in [1.807, 2.05) is 84.9 Å². The summed E-state index contributed by atoms with van der Waals surface area (Å²) in [7, 11) is 0. The number of rotatable bonds is 8. The van der Waals surface area contributed by atoms with Crippen LogP contribution in [-0.2, 0) is 13.1 Å². The monoisotopic (exact) mass is 418 g/mol. The molecule has 6 heteroatoms. The van der Waals surface area contributed by atoms with Gasteiger partial charge in [0.05, 0.1) is 12.6 Å². The zero-order valence-corrected chi connectivity index (χ0v) is 17.2. The number of hydrogen-bond acceptors (Lipinski definition) is 4. The van der Waals surface area contributed by atoms with E-state index in [4.69, 9.17) is 21.8 Å². The molecule has 1 atom stereocenters. The van der Waals surface area contributed by atoms with E-state index in [-0.39, 0.29) is 0 Å². The number of benzene rings is 3. The maximum absolute atomic E-state index is 10.4. The van der Waals surface area contributed by atoms with Gasteiger partial charge in [0.15, 0.2) is 0 Å². The highest BCUT2D eigenvalue weighted by Crippen LogP contribution is 2.21. The van der Waals surface area contributed by atoms with Crippen molar-refractivity contribution < 1.29 is 5.11 Å². The first kappa shape index (κ1) is 20.3. The Morgan fingerprint density at radius 2 is 1.63 bits per heavy atom. The Kier molecular flexibility index (Phi) is 6.54. The van der Waals surface area contributed by atoms with Crippen LogP contribution in [0.1, 0.15) is 22.9 Å². The van der Waals surface area contributed by atoms with Gasteiger partial charge in [0.2, 0.25) is 0 Å². The number of aliphatic hydroxyl groups excluding tert-OH is 1. The molecule has 0 aliphatic rings. The maximum atomic E-state index is 10.4. The topological polar surface area (TPSA) is 63.0 Å². The van der Waals surface area contributed by atoms with E-state index in [2.05, 4.69) is 5.32 Å². The maximum Gasteiger partial charge on any atom is 0.117 e. The van der Waals surface area contributed by atoms with Crippen molar-refractivity contribution in [2.45, 2.75) is 19.2 Å². The molecule has 0 amide bonds. The molecule has 1 aromatic heterocycles. The Hall–Kier alpha value is -2.99. The van der Waals surface area contributed by atoms with Gasteiger partial charge in [-0.3, -0.25) is 0 Å². The molecule has 5 nitrogen and oxygen atoms in total. The van der Waals surface area contributed by atoms with Crippen molar-refractivity contribution in [2.75, 3.05) is 6.54 Å². The van der Waals surface area contributed by atoms with Gasteiger partial charge in [-0.2, -0.15) is 15.0 Å². The third kappa shape index (κ3) is 5.13. The van der Waals surface area contributed by atoms with Crippen molar-refractivity contribution in [3.8, 4) is 11.3 Å². The lowest BCUT2D eigenvalue weighted by molar-refractivity contribution is 0.174. The van der Waals surface area contributed by atoms with Crippen LogP contribution in [0.5, 0.6) is 0 Å². The van der Waals surface area contributed by atoms with Gasteiger partial charge in [-0.1, -0.05) is 84.4 Å². The first-order valence-electron chi connectivity index (χ1n) is 9.86. The molecule has 4 aromatic rings. The Labute approximate surface area is 181 Å².